The SMILES string of the molecule is CSc1cccc(NC(=O)Cn2nc3c(-c4nc(-c5ccc(Cl)cc5)no4)cccn3c2=O)c1. The van der Waals surface area contributed by atoms with E-state index in [0.717, 1.165) is 15.1 Å². The Bertz CT molecular complexity index is 1560. The van der Waals surface area contributed by atoms with Gasteiger partial charge in [-0.25, -0.2) is 13.9 Å². The smallest absolute Gasteiger partial charge is 0.333 e. The summed E-state index contributed by atoms with van der Waals surface area (Å²) in [6, 6.07) is 17.9. The number of carbonyl (C=O) groups is 1. The summed E-state index contributed by atoms with van der Waals surface area (Å²) in [6.07, 6.45) is 3.53. The van der Waals surface area contributed by atoms with Gasteiger partial charge in [0.2, 0.25) is 11.7 Å². The molecule has 34 heavy (non-hydrogen) atoms. The van der Waals surface area contributed by atoms with Crippen molar-refractivity contribution in [1.29, 1.82) is 0 Å². The van der Waals surface area contributed by atoms with E-state index in [9.17, 15) is 9.59 Å². The predicted molar refractivity (Wildman–Crippen MR) is 130 cm³/mol. The number of rotatable bonds is 6. The molecule has 170 valence electrons. The minimum absolute atomic E-state index is 0.200. The molecule has 9 nitrogen and oxygen atoms in total. The highest BCUT2D eigenvalue weighted by atomic mass is 35.5. The molecule has 0 saturated carbocycles. The van der Waals surface area contributed by atoms with E-state index in [1.54, 1.807) is 60.4 Å². The van der Waals surface area contributed by atoms with Crippen molar-refractivity contribution in [3.63, 3.8) is 0 Å². The molecule has 0 aliphatic carbocycles. The van der Waals surface area contributed by atoms with E-state index < -0.39 is 5.69 Å². The van der Waals surface area contributed by atoms with Crippen LogP contribution in [0.3, 0.4) is 0 Å². The minimum Gasteiger partial charge on any atom is -0.333 e. The maximum atomic E-state index is 12.9. The van der Waals surface area contributed by atoms with Gasteiger partial charge in [0.05, 0.1) is 5.56 Å². The van der Waals surface area contributed by atoms with E-state index in [1.165, 1.54) is 4.40 Å². The Hall–Kier alpha value is -3.89. The molecule has 2 aromatic carbocycles. The van der Waals surface area contributed by atoms with Crippen LogP contribution in [0.5, 0.6) is 0 Å². The molecule has 0 saturated heterocycles. The molecule has 11 heteroatoms. The average molecular weight is 493 g/mol. The van der Waals surface area contributed by atoms with Crippen LogP contribution >= 0.6 is 23.4 Å². The molecule has 0 unspecified atom stereocenters. The third-order valence-corrected chi connectivity index (χ3v) is 5.99. The minimum atomic E-state index is -0.456. The van der Waals surface area contributed by atoms with Crippen LogP contribution in [0.15, 0.2) is 81.1 Å². The fourth-order valence-electron chi connectivity index (χ4n) is 3.39. The number of carbonyl (C=O) groups excluding carboxylic acids is 1. The molecule has 0 spiro atoms. The molecule has 5 aromatic rings. The third kappa shape index (κ3) is 4.33. The quantitative estimate of drug-likeness (QED) is 0.353. The van der Waals surface area contributed by atoms with Crippen molar-refractivity contribution in [2.75, 3.05) is 11.6 Å². The first-order valence-electron chi connectivity index (χ1n) is 10.1. The molecule has 0 atom stereocenters. The Kier molecular flexibility index (Phi) is 5.91. The largest absolute Gasteiger partial charge is 0.350 e. The summed E-state index contributed by atoms with van der Waals surface area (Å²) in [5.74, 6) is 0.210. The molecule has 3 heterocycles. The molecular formula is C23H17ClN6O3S. The summed E-state index contributed by atoms with van der Waals surface area (Å²) >= 11 is 7.51. The second kappa shape index (κ2) is 9.16. The maximum absolute atomic E-state index is 12.9. The van der Waals surface area contributed by atoms with Crippen LogP contribution in [0.25, 0.3) is 28.5 Å². The lowest BCUT2D eigenvalue weighted by atomic mass is 10.2. The number of nitrogens with zero attached hydrogens (tertiary/aromatic N) is 5. The van der Waals surface area contributed by atoms with Crippen molar-refractivity contribution in [2.45, 2.75) is 11.4 Å². The Morgan fingerprint density at radius 3 is 2.76 bits per heavy atom. The Morgan fingerprint density at radius 2 is 1.97 bits per heavy atom. The van der Waals surface area contributed by atoms with Gasteiger partial charge in [-0.1, -0.05) is 22.8 Å². The first-order chi connectivity index (χ1) is 16.5. The molecule has 0 fully saturated rings. The number of halogens is 1. The lowest BCUT2D eigenvalue weighted by Crippen LogP contribution is -2.28. The van der Waals surface area contributed by atoms with Crippen LogP contribution in [0.2, 0.25) is 5.02 Å². The highest BCUT2D eigenvalue weighted by Crippen LogP contribution is 2.25. The van der Waals surface area contributed by atoms with E-state index in [4.69, 9.17) is 16.1 Å². The number of aromatic nitrogens is 5. The van der Waals surface area contributed by atoms with Gasteiger partial charge in [0, 0.05) is 27.4 Å². The number of anilines is 1. The topological polar surface area (TPSA) is 107 Å². The van der Waals surface area contributed by atoms with Crippen LogP contribution in [-0.4, -0.2) is 36.5 Å². The van der Waals surface area contributed by atoms with Crippen LogP contribution in [-0.2, 0) is 11.3 Å². The number of benzene rings is 2. The summed E-state index contributed by atoms with van der Waals surface area (Å²) in [4.78, 5) is 30.9. The fourth-order valence-corrected chi connectivity index (χ4v) is 3.98. The van der Waals surface area contributed by atoms with Gasteiger partial charge in [-0.2, -0.15) is 4.98 Å². The summed E-state index contributed by atoms with van der Waals surface area (Å²) in [7, 11) is 0. The number of hydrogen-bond donors (Lipinski definition) is 1. The van der Waals surface area contributed by atoms with Crippen LogP contribution < -0.4 is 11.0 Å². The lowest BCUT2D eigenvalue weighted by Gasteiger charge is -2.06. The molecule has 5 rings (SSSR count). The molecule has 0 aliphatic rings. The lowest BCUT2D eigenvalue weighted by molar-refractivity contribution is -0.117. The van der Waals surface area contributed by atoms with Crippen molar-refractivity contribution >= 4 is 40.6 Å². The van der Waals surface area contributed by atoms with Crippen LogP contribution in [0.1, 0.15) is 0 Å². The molecule has 1 amide bonds. The van der Waals surface area contributed by atoms with Crippen molar-refractivity contribution in [2.24, 2.45) is 0 Å². The highest BCUT2D eigenvalue weighted by molar-refractivity contribution is 7.98. The van der Waals surface area contributed by atoms with Crippen molar-refractivity contribution in [3.05, 3.63) is 82.4 Å². The first kappa shape index (κ1) is 21.9. The van der Waals surface area contributed by atoms with Gasteiger partial charge in [-0.15, -0.1) is 16.9 Å². The molecule has 0 radical (unpaired) electrons. The zero-order valence-corrected chi connectivity index (χ0v) is 19.4. The van der Waals surface area contributed by atoms with Crippen LogP contribution in [0.4, 0.5) is 5.69 Å². The van der Waals surface area contributed by atoms with Gasteiger partial charge < -0.3 is 9.84 Å². The number of amides is 1. The monoisotopic (exact) mass is 492 g/mol. The summed E-state index contributed by atoms with van der Waals surface area (Å²) in [6.45, 7) is -0.247. The molecule has 0 aliphatic heterocycles. The Balaban J connectivity index is 1.43. The average Bonchev–Trinajstić information content (AvgIpc) is 3.45. The number of fused-ring (bicyclic) bond motifs is 1. The van der Waals surface area contributed by atoms with Gasteiger partial charge in [0.25, 0.3) is 5.89 Å². The number of hydrogen-bond acceptors (Lipinski definition) is 7. The second-order valence-electron chi connectivity index (χ2n) is 7.27. The standard InChI is InChI=1S/C23H17ClN6O3S/c1-34-17-5-2-4-16(12-17)25-19(31)13-30-23(32)29-11-3-6-18(21(29)27-30)22-26-20(28-33-22)14-7-9-15(24)10-8-14/h2-12H,13H2,1H3,(H,25,31). The van der Waals surface area contributed by atoms with E-state index >= 15 is 0 Å². The number of nitrogens with one attached hydrogen (secondary N) is 1. The molecule has 0 bridgehead atoms. The Morgan fingerprint density at radius 1 is 1.15 bits per heavy atom. The molecule has 3 aromatic heterocycles. The first-order valence-corrected chi connectivity index (χ1v) is 11.7. The van der Waals surface area contributed by atoms with Gasteiger partial charge in [-0.3, -0.25) is 4.79 Å². The van der Waals surface area contributed by atoms with E-state index in [0.29, 0.717) is 27.7 Å². The summed E-state index contributed by atoms with van der Waals surface area (Å²) in [5, 5.41) is 11.8. The summed E-state index contributed by atoms with van der Waals surface area (Å²) in [5.41, 5.74) is 1.70. The zero-order valence-electron chi connectivity index (χ0n) is 17.8. The molecular weight excluding hydrogens is 476 g/mol. The van der Waals surface area contributed by atoms with E-state index in [-0.39, 0.29) is 18.3 Å². The zero-order chi connectivity index (χ0) is 23.7. The van der Waals surface area contributed by atoms with Gasteiger partial charge in [0.1, 0.15) is 6.54 Å². The molecule has 1 N–H and O–H groups in total. The van der Waals surface area contributed by atoms with E-state index in [2.05, 4.69) is 20.6 Å². The second-order valence-corrected chi connectivity index (χ2v) is 8.58. The number of pyridine rings is 1. The highest BCUT2D eigenvalue weighted by Gasteiger charge is 2.18. The van der Waals surface area contributed by atoms with Gasteiger partial charge in [-0.05, 0) is 60.9 Å². The normalized spacial score (nSPS) is 11.1. The fraction of sp³-hybridized carbons (Fsp3) is 0.0870. The van der Waals surface area contributed by atoms with E-state index in [1.807, 2.05) is 24.5 Å². The van der Waals surface area contributed by atoms with Crippen molar-refractivity contribution < 1.29 is 9.32 Å². The third-order valence-electron chi connectivity index (χ3n) is 5.02. The summed E-state index contributed by atoms with van der Waals surface area (Å²) < 4.78 is 7.87. The van der Waals surface area contributed by atoms with Crippen molar-refractivity contribution in [1.82, 2.24) is 24.3 Å². The predicted octanol–water partition coefficient (Wildman–Crippen LogP) is 4.23. The van der Waals surface area contributed by atoms with Gasteiger partial charge in [0.15, 0.2) is 5.65 Å². The maximum Gasteiger partial charge on any atom is 0.350 e. The van der Waals surface area contributed by atoms with Gasteiger partial charge >= 0.3 is 5.69 Å². The van der Waals surface area contributed by atoms with Crippen molar-refractivity contribution in [3.8, 4) is 22.8 Å². The Labute approximate surface area is 202 Å². The van der Waals surface area contributed by atoms with Crippen LogP contribution in [0, 0.1) is 0 Å². The number of thioether (sulfide) groups is 1.